The fourth-order valence-electron chi connectivity index (χ4n) is 7.70. The first-order chi connectivity index (χ1) is 38.6. The smallest absolute Gasteiger partial charge is 0.425 e. The summed E-state index contributed by atoms with van der Waals surface area (Å²) in [5, 5.41) is 62.3. The van der Waals surface area contributed by atoms with Crippen molar-refractivity contribution in [2.75, 3.05) is 18.6 Å². The van der Waals surface area contributed by atoms with E-state index in [0.717, 1.165) is 22.1 Å². The predicted molar refractivity (Wildman–Crippen MR) is 297 cm³/mol. The van der Waals surface area contributed by atoms with Crippen LogP contribution in [0.25, 0.3) is 49.4 Å². The van der Waals surface area contributed by atoms with Gasteiger partial charge in [0.05, 0.1) is 41.0 Å². The first kappa shape index (κ1) is 62.0. The lowest BCUT2D eigenvalue weighted by atomic mass is 10.00. The van der Waals surface area contributed by atoms with Crippen LogP contribution in [0.1, 0.15) is 28.7 Å². The molecule has 0 saturated carbocycles. The summed E-state index contributed by atoms with van der Waals surface area (Å²) in [6.07, 6.45) is 0.624. The molecular formula is C49H38N10O17S6. The molecule has 0 aliphatic rings. The molecule has 33 heteroatoms. The highest BCUT2D eigenvalue weighted by Gasteiger charge is 2.23. The number of aryl methyl sites for hydroxylation is 1. The Labute approximate surface area is 471 Å². The lowest BCUT2D eigenvalue weighted by Gasteiger charge is -2.12. The second kappa shape index (κ2) is 26.4. The summed E-state index contributed by atoms with van der Waals surface area (Å²) in [6.45, 7) is 3.14. The van der Waals surface area contributed by atoms with Crippen molar-refractivity contribution in [1.29, 1.82) is 10.5 Å². The van der Waals surface area contributed by atoms with Crippen LogP contribution in [-0.4, -0.2) is 97.3 Å². The van der Waals surface area contributed by atoms with Crippen LogP contribution in [0.2, 0.25) is 0 Å². The van der Waals surface area contributed by atoms with Gasteiger partial charge in [-0.2, -0.15) is 35.8 Å². The van der Waals surface area contributed by atoms with E-state index in [4.69, 9.17) is 34.5 Å². The number of ether oxygens (including phenoxy) is 1. The molecule has 27 nitrogen and oxygen atoms in total. The SMILES string of the molecule is CS(=O)(=O)O.Cc1cc(N=Nc2c(C)c(C#N)c3nc4ccccc4n3c2O)c(OCCCS(=O)(=O)O)cc1N=Nc1sc(N=Nc2ccc3cccc(S(=O)(=O)O)c3c2)c(-c2ccc3ccccc3c2)c1C#N.O=S(=O)=O.O=S(=O)=O. The number of rotatable bonds is 13. The molecule has 0 aliphatic heterocycles. The zero-order chi connectivity index (χ0) is 60.3. The molecule has 0 atom stereocenters. The van der Waals surface area contributed by atoms with Crippen molar-refractivity contribution in [2.45, 2.75) is 25.2 Å². The average molecular weight is 1230 g/mol. The van der Waals surface area contributed by atoms with E-state index in [1.54, 1.807) is 62.4 Å². The van der Waals surface area contributed by atoms with Gasteiger partial charge in [-0.3, -0.25) is 18.1 Å². The number of para-hydroxylation sites is 2. The fourth-order valence-corrected chi connectivity index (χ4v) is 9.80. The second-order valence-corrected chi connectivity index (χ2v) is 22.9. The minimum Gasteiger partial charge on any atom is -0.493 e. The highest BCUT2D eigenvalue weighted by atomic mass is 32.2. The first-order valence-corrected chi connectivity index (χ1v) is 30.3. The number of aromatic nitrogens is 2. The summed E-state index contributed by atoms with van der Waals surface area (Å²) in [6, 6.07) is 37.2. The quantitative estimate of drug-likeness (QED) is 0.0473. The van der Waals surface area contributed by atoms with Crippen molar-refractivity contribution < 1.29 is 74.0 Å². The number of fused-ring (bicyclic) bond motifs is 5. The van der Waals surface area contributed by atoms with Crippen LogP contribution < -0.4 is 4.74 Å². The van der Waals surface area contributed by atoms with Crippen LogP contribution in [0.4, 0.5) is 32.8 Å². The van der Waals surface area contributed by atoms with E-state index < -0.39 is 57.3 Å². The van der Waals surface area contributed by atoms with Crippen LogP contribution in [0.3, 0.4) is 0 Å². The monoisotopic (exact) mass is 1230 g/mol. The van der Waals surface area contributed by atoms with Crippen molar-refractivity contribution >= 4 is 134 Å². The van der Waals surface area contributed by atoms with Crippen LogP contribution >= 0.6 is 11.3 Å². The van der Waals surface area contributed by atoms with Gasteiger partial charge in [0, 0.05) is 22.6 Å². The van der Waals surface area contributed by atoms with Crippen LogP contribution in [0.15, 0.2) is 151 Å². The van der Waals surface area contributed by atoms with E-state index in [9.17, 15) is 50.0 Å². The number of thiophene rings is 1. The van der Waals surface area contributed by atoms with Gasteiger partial charge in [0.25, 0.3) is 30.4 Å². The Bertz CT molecular complexity index is 4740. The molecule has 0 aliphatic carbocycles. The molecule has 422 valence electrons. The van der Waals surface area contributed by atoms with E-state index in [2.05, 4.69) is 47.8 Å². The minimum atomic E-state index is -4.56. The van der Waals surface area contributed by atoms with E-state index in [1.165, 1.54) is 28.7 Å². The summed E-state index contributed by atoms with van der Waals surface area (Å²) >= 11 is 1.03. The van der Waals surface area contributed by atoms with Gasteiger partial charge in [0.15, 0.2) is 16.3 Å². The number of pyridine rings is 1. The van der Waals surface area contributed by atoms with Gasteiger partial charge in [-0.1, -0.05) is 78.1 Å². The van der Waals surface area contributed by atoms with E-state index in [0.29, 0.717) is 44.9 Å². The number of azo groups is 3. The molecule has 0 bridgehead atoms. The molecule has 9 rings (SSSR count). The average Bonchev–Trinajstić information content (AvgIpc) is 4.17. The van der Waals surface area contributed by atoms with Crippen molar-refractivity contribution in [2.24, 2.45) is 30.7 Å². The highest BCUT2D eigenvalue weighted by molar-refractivity contribution is 7.86. The third-order valence-corrected chi connectivity index (χ3v) is 13.7. The van der Waals surface area contributed by atoms with Crippen LogP contribution in [-0.2, 0) is 51.6 Å². The van der Waals surface area contributed by atoms with Gasteiger partial charge in [-0.25, -0.2) is 4.98 Å². The maximum Gasteiger partial charge on any atom is 0.425 e. The van der Waals surface area contributed by atoms with Gasteiger partial charge < -0.3 is 9.84 Å². The summed E-state index contributed by atoms with van der Waals surface area (Å²) in [4.78, 5) is 4.25. The fraction of sp³-hybridized carbons (Fsp3) is 0.122. The molecule has 3 heterocycles. The van der Waals surface area contributed by atoms with E-state index in [1.807, 2.05) is 42.5 Å². The number of hydrogen-bond acceptors (Lipinski definition) is 24. The van der Waals surface area contributed by atoms with Crippen molar-refractivity contribution in [3.05, 3.63) is 138 Å². The van der Waals surface area contributed by atoms with Crippen LogP contribution in [0, 0.1) is 36.5 Å². The third-order valence-electron chi connectivity index (χ3n) is 11.0. The zero-order valence-electron chi connectivity index (χ0n) is 42.1. The van der Waals surface area contributed by atoms with Crippen molar-refractivity contribution in [1.82, 2.24) is 9.38 Å². The summed E-state index contributed by atoms with van der Waals surface area (Å²) in [5.74, 6) is -0.816. The highest BCUT2D eigenvalue weighted by Crippen LogP contribution is 2.49. The lowest BCUT2D eigenvalue weighted by Crippen LogP contribution is -2.08. The maximum absolute atomic E-state index is 12.2. The van der Waals surface area contributed by atoms with Crippen molar-refractivity contribution in [3.63, 3.8) is 0 Å². The minimum absolute atomic E-state index is 0.0127. The standard InChI is InChI=1S/C48H34N10O8S3.CH4O3S.2O3S/c1-27-21-39(54-55-44-28(2)35(25-49)45-51-37-12-5-6-13-40(37)58(45)48(44)59)41(66-19-8-20-68(60,61)62)24-38(27)53-56-46-36(26-50)43(32-16-15-29-9-3-4-10-31(29)22-32)47(67-46)57-52-33-18-17-30-11-7-14-42(34(30)23-33)69(63,64)65;1-5(2,3)4;2*1-4(2)3/h3-7,9-18,21-24,59H,8,19-20H2,1-2H3,(H,60,61,62)(H,63,64,65);1H3,(H,2,3,4);;. The van der Waals surface area contributed by atoms with Gasteiger partial charge >= 0.3 is 21.2 Å². The van der Waals surface area contributed by atoms with E-state index >= 15 is 0 Å². The topological polar surface area (TPSA) is 434 Å². The Kier molecular flexibility index (Phi) is 20.0. The van der Waals surface area contributed by atoms with Crippen LogP contribution in [0.5, 0.6) is 11.6 Å². The second-order valence-electron chi connectivity index (χ2n) is 16.7. The number of aromatic hydroxyl groups is 1. The lowest BCUT2D eigenvalue weighted by molar-refractivity contribution is 0.317. The number of nitriles is 2. The Morgan fingerprint density at radius 3 is 1.91 bits per heavy atom. The number of imidazole rings is 1. The first-order valence-electron chi connectivity index (χ1n) is 22.6. The molecule has 0 radical (unpaired) electrons. The normalized spacial score (nSPS) is 11.7. The number of benzene rings is 6. The summed E-state index contributed by atoms with van der Waals surface area (Å²) < 4.78 is 151. The molecule has 82 heavy (non-hydrogen) atoms. The molecular weight excluding hydrogens is 1190 g/mol. The zero-order valence-corrected chi connectivity index (χ0v) is 47.0. The molecule has 0 saturated heterocycles. The van der Waals surface area contributed by atoms with E-state index in [-0.39, 0.29) is 84.5 Å². The molecule has 0 fully saturated rings. The molecule has 6 aromatic carbocycles. The number of nitrogens with zero attached hydrogens (tertiary/aromatic N) is 10. The largest absolute Gasteiger partial charge is 0.493 e. The maximum atomic E-state index is 12.2. The van der Waals surface area contributed by atoms with Gasteiger partial charge in [-0.15, -0.1) is 55.9 Å². The Hall–Kier alpha value is -9.16. The third kappa shape index (κ3) is 16.2. The molecule has 9 aromatic rings. The predicted octanol–water partition coefficient (Wildman–Crippen LogP) is 10.2. The van der Waals surface area contributed by atoms with Gasteiger partial charge in [0.2, 0.25) is 5.88 Å². The Balaban J connectivity index is 0.000000752. The molecule has 0 spiro atoms. The van der Waals surface area contributed by atoms with Gasteiger partial charge in [-0.05, 0) is 90.0 Å². The Morgan fingerprint density at radius 1 is 0.671 bits per heavy atom. The Morgan fingerprint density at radius 2 is 1.27 bits per heavy atom. The molecule has 0 amide bonds. The summed E-state index contributed by atoms with van der Waals surface area (Å²) in [7, 11) is -18.7. The molecule has 4 N–H and O–H groups in total. The number of hydrogen-bond donors (Lipinski definition) is 4. The molecule has 0 unspecified atom stereocenters. The molecule has 3 aromatic heterocycles. The van der Waals surface area contributed by atoms with Gasteiger partial charge in [0.1, 0.15) is 44.6 Å². The summed E-state index contributed by atoms with van der Waals surface area (Å²) in [5.41, 5.74) is 4.18. The van der Waals surface area contributed by atoms with Crippen molar-refractivity contribution in [3.8, 4) is 34.9 Å².